The smallest absolute Gasteiger partial charge is 0.178 e. The van der Waals surface area contributed by atoms with Gasteiger partial charge in [-0.2, -0.15) is 0 Å². The molecule has 10 heavy (non-hydrogen) atoms. The number of aromatic hydroxyl groups is 2. The summed E-state index contributed by atoms with van der Waals surface area (Å²) in [5.41, 5.74) is 0. The predicted molar refractivity (Wildman–Crippen MR) is 38.6 cm³/mol. The Morgan fingerprint density at radius 1 is 1.20 bits per heavy atom. The minimum atomic E-state index is -0.436. The maximum absolute atomic E-state index is 8.90. The average molecular weight is 178 g/mol. The molecular weight excluding hydrogens is 175 g/mol. The van der Waals surface area contributed by atoms with Gasteiger partial charge >= 0.3 is 0 Å². The van der Waals surface area contributed by atoms with Gasteiger partial charge in [-0.1, -0.05) is 23.2 Å². The molecule has 0 aliphatic rings. The quantitative estimate of drug-likeness (QED) is 0.597. The number of rotatable bonds is 0. The van der Waals surface area contributed by atoms with Gasteiger partial charge < -0.3 is 10.2 Å². The number of benzene rings is 1. The Hall–Kier alpha value is -0.600. The van der Waals surface area contributed by atoms with E-state index in [9.17, 15) is 0 Å². The number of phenols is 2. The van der Waals surface area contributed by atoms with E-state index in [1.807, 2.05) is 0 Å². The molecule has 0 saturated heterocycles. The summed E-state index contributed by atoms with van der Waals surface area (Å²) in [5.74, 6) is -0.848. The normalized spacial score (nSPS) is 9.80. The lowest BCUT2D eigenvalue weighted by atomic mass is 10.3. The standard InChI is InChI=1S/C6H3Cl2O2/c7-3-1-2-4(8)6(10)5(3)9/h1,9-10H. The highest BCUT2D eigenvalue weighted by Gasteiger charge is 2.07. The van der Waals surface area contributed by atoms with Gasteiger partial charge in [-0.25, -0.2) is 0 Å². The zero-order valence-corrected chi connectivity index (χ0v) is 6.24. The molecule has 0 aromatic heterocycles. The molecule has 1 aromatic rings. The molecule has 0 amide bonds. The fourth-order valence-corrected chi connectivity index (χ4v) is 0.769. The first-order valence-corrected chi connectivity index (χ1v) is 3.16. The summed E-state index contributed by atoms with van der Waals surface area (Å²) in [6.07, 6.45) is 0. The van der Waals surface area contributed by atoms with Crippen LogP contribution < -0.4 is 0 Å². The molecule has 0 saturated carbocycles. The van der Waals surface area contributed by atoms with E-state index < -0.39 is 11.5 Å². The highest BCUT2D eigenvalue weighted by Crippen LogP contribution is 2.37. The van der Waals surface area contributed by atoms with Crippen molar-refractivity contribution in [1.82, 2.24) is 0 Å². The van der Waals surface area contributed by atoms with Crippen molar-refractivity contribution in [3.63, 3.8) is 0 Å². The number of hydrogen-bond donors (Lipinski definition) is 2. The van der Waals surface area contributed by atoms with Crippen molar-refractivity contribution in [2.75, 3.05) is 0 Å². The van der Waals surface area contributed by atoms with Gasteiger partial charge in [0.05, 0.1) is 10.0 Å². The minimum absolute atomic E-state index is 0.0295. The lowest BCUT2D eigenvalue weighted by Gasteiger charge is -1.99. The largest absolute Gasteiger partial charge is 0.503 e. The van der Waals surface area contributed by atoms with Crippen LogP contribution in [0.15, 0.2) is 6.07 Å². The lowest BCUT2D eigenvalue weighted by Crippen LogP contribution is -1.72. The Morgan fingerprint density at radius 3 is 2.30 bits per heavy atom. The zero-order valence-electron chi connectivity index (χ0n) is 4.73. The molecule has 2 N–H and O–H groups in total. The van der Waals surface area contributed by atoms with Gasteiger partial charge in [0.2, 0.25) is 0 Å². The highest BCUT2D eigenvalue weighted by molar-refractivity contribution is 6.35. The van der Waals surface area contributed by atoms with Crippen molar-refractivity contribution in [3.05, 3.63) is 22.2 Å². The Bertz CT molecular complexity index is 233. The van der Waals surface area contributed by atoms with E-state index in [4.69, 9.17) is 33.4 Å². The van der Waals surface area contributed by atoms with Crippen LogP contribution in [0.1, 0.15) is 0 Å². The van der Waals surface area contributed by atoms with Gasteiger partial charge in [-0.05, 0) is 6.07 Å². The van der Waals surface area contributed by atoms with E-state index in [0.717, 1.165) is 0 Å². The van der Waals surface area contributed by atoms with Crippen molar-refractivity contribution in [2.45, 2.75) is 0 Å². The van der Waals surface area contributed by atoms with Gasteiger partial charge in [-0.3, -0.25) is 0 Å². The molecular formula is C6H3Cl2O2. The summed E-state index contributed by atoms with van der Waals surface area (Å²) in [5, 5.41) is 17.8. The SMILES string of the molecule is Oc1c(Cl)[c]cc(Cl)c1O. The fraction of sp³-hybridized carbons (Fsp3) is 0. The first-order chi connectivity index (χ1) is 4.63. The van der Waals surface area contributed by atoms with Crippen LogP contribution in [0, 0.1) is 6.07 Å². The van der Waals surface area contributed by atoms with E-state index in [0.29, 0.717) is 0 Å². The molecule has 0 bridgehead atoms. The van der Waals surface area contributed by atoms with Gasteiger partial charge in [-0.15, -0.1) is 0 Å². The molecule has 1 rings (SSSR count). The van der Waals surface area contributed by atoms with Crippen LogP contribution in [-0.4, -0.2) is 10.2 Å². The summed E-state index contributed by atoms with van der Waals surface area (Å²) in [7, 11) is 0. The molecule has 53 valence electrons. The molecule has 0 atom stereocenters. The van der Waals surface area contributed by atoms with E-state index in [2.05, 4.69) is 6.07 Å². The van der Waals surface area contributed by atoms with Crippen LogP contribution in [-0.2, 0) is 0 Å². The summed E-state index contributed by atoms with van der Waals surface area (Å²) < 4.78 is 0. The Morgan fingerprint density at radius 2 is 1.80 bits per heavy atom. The fourth-order valence-electron chi connectivity index (χ4n) is 0.481. The summed E-state index contributed by atoms with van der Waals surface area (Å²) in [6, 6.07) is 3.71. The van der Waals surface area contributed by atoms with Crippen LogP contribution in [0.2, 0.25) is 10.0 Å². The third-order valence-corrected chi connectivity index (χ3v) is 1.56. The second-order valence-corrected chi connectivity index (χ2v) is 2.43. The molecule has 0 fully saturated rings. The van der Waals surface area contributed by atoms with Crippen LogP contribution in [0.5, 0.6) is 11.5 Å². The monoisotopic (exact) mass is 177 g/mol. The highest BCUT2D eigenvalue weighted by atomic mass is 35.5. The van der Waals surface area contributed by atoms with Crippen LogP contribution in [0.3, 0.4) is 0 Å². The molecule has 4 heteroatoms. The third kappa shape index (κ3) is 1.13. The second-order valence-electron chi connectivity index (χ2n) is 1.65. The van der Waals surface area contributed by atoms with Crippen molar-refractivity contribution < 1.29 is 10.2 Å². The average Bonchev–Trinajstić information content (AvgIpc) is 1.93. The van der Waals surface area contributed by atoms with Crippen LogP contribution in [0.25, 0.3) is 0 Å². The molecule has 1 aromatic carbocycles. The van der Waals surface area contributed by atoms with Gasteiger partial charge in [0, 0.05) is 6.07 Å². The topological polar surface area (TPSA) is 40.5 Å². The summed E-state index contributed by atoms with van der Waals surface area (Å²) in [6.45, 7) is 0. The van der Waals surface area contributed by atoms with Crippen molar-refractivity contribution >= 4 is 23.2 Å². The zero-order chi connectivity index (χ0) is 7.72. The van der Waals surface area contributed by atoms with Crippen LogP contribution >= 0.6 is 23.2 Å². The lowest BCUT2D eigenvalue weighted by molar-refractivity contribution is 0.404. The number of halogens is 2. The number of hydrogen-bond acceptors (Lipinski definition) is 2. The third-order valence-electron chi connectivity index (χ3n) is 0.984. The van der Waals surface area contributed by atoms with E-state index in [-0.39, 0.29) is 10.0 Å². The molecule has 0 heterocycles. The van der Waals surface area contributed by atoms with Crippen molar-refractivity contribution in [3.8, 4) is 11.5 Å². The van der Waals surface area contributed by atoms with Gasteiger partial charge in [0.25, 0.3) is 0 Å². The molecule has 0 unspecified atom stereocenters. The van der Waals surface area contributed by atoms with E-state index >= 15 is 0 Å². The van der Waals surface area contributed by atoms with Gasteiger partial charge in [0.1, 0.15) is 0 Å². The molecule has 0 aliphatic heterocycles. The Labute approximate surface area is 67.6 Å². The minimum Gasteiger partial charge on any atom is -0.503 e. The summed E-state index contributed by atoms with van der Waals surface area (Å²) >= 11 is 10.7. The Balaban J connectivity index is 3.34. The van der Waals surface area contributed by atoms with Crippen LogP contribution in [0.4, 0.5) is 0 Å². The van der Waals surface area contributed by atoms with E-state index in [1.165, 1.54) is 6.07 Å². The van der Waals surface area contributed by atoms with Gasteiger partial charge in [0.15, 0.2) is 11.5 Å². The maximum atomic E-state index is 8.90. The Kier molecular flexibility index (Phi) is 1.92. The van der Waals surface area contributed by atoms with E-state index in [1.54, 1.807) is 0 Å². The second kappa shape index (κ2) is 2.56. The number of phenolic OH excluding ortho intramolecular Hbond substituents is 2. The first kappa shape index (κ1) is 7.51. The summed E-state index contributed by atoms with van der Waals surface area (Å²) in [4.78, 5) is 0. The predicted octanol–water partition coefficient (Wildman–Crippen LogP) is 2.20. The molecule has 0 aliphatic carbocycles. The maximum Gasteiger partial charge on any atom is 0.178 e. The van der Waals surface area contributed by atoms with Crippen molar-refractivity contribution in [1.29, 1.82) is 0 Å². The first-order valence-electron chi connectivity index (χ1n) is 2.40. The van der Waals surface area contributed by atoms with Crippen molar-refractivity contribution in [2.24, 2.45) is 0 Å². The molecule has 1 radical (unpaired) electrons. The molecule has 2 nitrogen and oxygen atoms in total. The molecule has 0 spiro atoms.